The summed E-state index contributed by atoms with van der Waals surface area (Å²) >= 11 is 0. The molecule has 0 aliphatic carbocycles. The average Bonchev–Trinajstić information content (AvgIpc) is 3.43. The first-order valence-corrected chi connectivity index (χ1v) is 12.4. The smallest absolute Gasteiger partial charge is 0.290 e. The Labute approximate surface area is 224 Å². The summed E-state index contributed by atoms with van der Waals surface area (Å²) in [5.74, 6) is -1.29. The van der Waals surface area contributed by atoms with Crippen LogP contribution in [0.2, 0.25) is 0 Å². The first-order valence-electron chi connectivity index (χ1n) is 12.4. The first kappa shape index (κ1) is 25.9. The Hall–Kier alpha value is -4.73. The number of rotatable bonds is 6. The number of hydrogen-bond donors (Lipinski definition) is 1. The third kappa shape index (κ3) is 4.69. The summed E-state index contributed by atoms with van der Waals surface area (Å²) in [6.45, 7) is 2.26. The van der Waals surface area contributed by atoms with Crippen molar-refractivity contribution in [1.82, 2.24) is 19.4 Å². The average molecular weight is 531 g/mol. The molecule has 1 aliphatic rings. The number of halogens is 1. The maximum atomic E-state index is 14.4. The molecule has 0 bridgehead atoms. The Bertz CT molecular complexity index is 1600. The van der Waals surface area contributed by atoms with Crippen LogP contribution in [0.5, 0.6) is 17.4 Å². The second-order valence-corrected chi connectivity index (χ2v) is 9.21. The highest BCUT2D eigenvalue weighted by Crippen LogP contribution is 2.39. The van der Waals surface area contributed by atoms with E-state index in [0.29, 0.717) is 34.9 Å². The van der Waals surface area contributed by atoms with Gasteiger partial charge >= 0.3 is 0 Å². The molecule has 2 aromatic heterocycles. The highest BCUT2D eigenvalue weighted by molar-refractivity contribution is 5.96. The van der Waals surface area contributed by atoms with Crippen molar-refractivity contribution in [1.29, 1.82) is 0 Å². The number of ether oxygens (including phenoxy) is 2. The van der Waals surface area contributed by atoms with E-state index in [0.717, 1.165) is 0 Å². The van der Waals surface area contributed by atoms with Gasteiger partial charge in [-0.3, -0.25) is 14.2 Å². The third-order valence-electron chi connectivity index (χ3n) is 6.85. The molecule has 0 spiro atoms. The molecule has 1 amide bonds. The molecule has 9 nitrogen and oxygen atoms in total. The SMILES string of the molecule is COc1cccc(OC)c1-n1c(-c2cccc(C)n2)nc(=O)c(C(=O)N2CCC(c3ccccc3F)C2)c1O. The van der Waals surface area contributed by atoms with Gasteiger partial charge in [-0.25, -0.2) is 9.37 Å². The van der Waals surface area contributed by atoms with Crippen LogP contribution < -0.4 is 15.0 Å². The quantitative estimate of drug-likeness (QED) is 0.400. The van der Waals surface area contributed by atoms with Gasteiger partial charge in [0.15, 0.2) is 11.4 Å². The van der Waals surface area contributed by atoms with Crippen molar-refractivity contribution >= 4 is 5.91 Å². The second kappa shape index (κ2) is 10.6. The Morgan fingerprint density at radius 1 is 1.00 bits per heavy atom. The number of likely N-dealkylation sites (tertiary alicyclic amines) is 1. The number of aromatic nitrogens is 3. The van der Waals surface area contributed by atoms with Gasteiger partial charge in [0.25, 0.3) is 11.5 Å². The van der Waals surface area contributed by atoms with E-state index >= 15 is 0 Å². The summed E-state index contributed by atoms with van der Waals surface area (Å²) in [4.78, 5) is 37.2. The minimum absolute atomic E-state index is 0.00575. The molecular weight excluding hydrogens is 503 g/mol. The maximum absolute atomic E-state index is 14.4. The Morgan fingerprint density at radius 2 is 1.69 bits per heavy atom. The number of carbonyl (C=O) groups excluding carboxylic acids is 1. The number of hydrogen-bond acceptors (Lipinski definition) is 7. The van der Waals surface area contributed by atoms with Gasteiger partial charge in [-0.05, 0) is 49.2 Å². The van der Waals surface area contributed by atoms with Crippen molar-refractivity contribution < 1.29 is 23.8 Å². The number of aryl methyl sites for hydroxylation is 1. The number of aromatic hydroxyl groups is 1. The molecule has 1 fully saturated rings. The van der Waals surface area contributed by atoms with Crippen LogP contribution >= 0.6 is 0 Å². The van der Waals surface area contributed by atoms with Crippen LogP contribution in [0.15, 0.2) is 65.5 Å². The van der Waals surface area contributed by atoms with Crippen LogP contribution in [0.4, 0.5) is 4.39 Å². The number of para-hydroxylation sites is 1. The summed E-state index contributed by atoms with van der Waals surface area (Å²) in [5, 5.41) is 11.6. The third-order valence-corrected chi connectivity index (χ3v) is 6.85. The van der Waals surface area contributed by atoms with Crippen LogP contribution in [0.3, 0.4) is 0 Å². The van der Waals surface area contributed by atoms with Crippen LogP contribution in [-0.4, -0.2) is 57.8 Å². The normalized spacial score (nSPS) is 14.9. The van der Waals surface area contributed by atoms with Crippen molar-refractivity contribution in [2.45, 2.75) is 19.3 Å². The molecule has 10 heteroatoms. The summed E-state index contributed by atoms with van der Waals surface area (Å²) in [5.41, 5.74) is 0.299. The summed E-state index contributed by atoms with van der Waals surface area (Å²) < 4.78 is 26.7. The molecule has 5 rings (SSSR count). The predicted molar refractivity (Wildman–Crippen MR) is 142 cm³/mol. The van der Waals surface area contributed by atoms with Gasteiger partial charge in [-0.15, -0.1) is 0 Å². The Balaban J connectivity index is 1.67. The fraction of sp³-hybridized carbons (Fsp3) is 0.241. The number of nitrogens with zero attached hydrogens (tertiary/aromatic N) is 4. The molecule has 1 aliphatic heterocycles. The lowest BCUT2D eigenvalue weighted by Gasteiger charge is -2.22. The van der Waals surface area contributed by atoms with Gasteiger partial charge in [-0.2, -0.15) is 4.98 Å². The zero-order chi connectivity index (χ0) is 27.7. The molecule has 1 unspecified atom stereocenters. The lowest BCUT2D eigenvalue weighted by atomic mass is 9.98. The van der Waals surface area contributed by atoms with E-state index in [1.54, 1.807) is 61.5 Å². The van der Waals surface area contributed by atoms with Crippen LogP contribution in [0, 0.1) is 12.7 Å². The van der Waals surface area contributed by atoms with Crippen molar-refractivity contribution in [2.24, 2.45) is 0 Å². The number of methoxy groups -OCH3 is 2. The van der Waals surface area contributed by atoms with Crippen molar-refractivity contribution in [3.8, 4) is 34.6 Å². The zero-order valence-corrected chi connectivity index (χ0v) is 21.7. The molecule has 4 aromatic rings. The van der Waals surface area contributed by atoms with E-state index in [1.165, 1.54) is 29.8 Å². The number of carbonyl (C=O) groups is 1. The molecule has 39 heavy (non-hydrogen) atoms. The van der Waals surface area contributed by atoms with E-state index in [9.17, 15) is 19.1 Å². The molecule has 1 atom stereocenters. The highest BCUT2D eigenvalue weighted by atomic mass is 19.1. The van der Waals surface area contributed by atoms with Crippen molar-refractivity contribution in [3.05, 3.63) is 93.7 Å². The molecule has 0 saturated carbocycles. The molecule has 2 aromatic carbocycles. The fourth-order valence-corrected chi connectivity index (χ4v) is 4.96. The van der Waals surface area contributed by atoms with Crippen molar-refractivity contribution in [3.63, 3.8) is 0 Å². The molecule has 1 N–H and O–H groups in total. The first-order chi connectivity index (χ1) is 18.8. The van der Waals surface area contributed by atoms with Gasteiger partial charge in [0.05, 0.1) is 14.2 Å². The van der Waals surface area contributed by atoms with Gasteiger partial charge in [0.1, 0.15) is 28.7 Å². The zero-order valence-electron chi connectivity index (χ0n) is 21.7. The summed E-state index contributed by atoms with van der Waals surface area (Å²) in [7, 11) is 2.91. The highest BCUT2D eigenvalue weighted by Gasteiger charge is 2.34. The lowest BCUT2D eigenvalue weighted by molar-refractivity contribution is 0.0784. The Kier molecular flexibility index (Phi) is 7.02. The van der Waals surface area contributed by atoms with Crippen LogP contribution in [-0.2, 0) is 0 Å². The van der Waals surface area contributed by atoms with Gasteiger partial charge in [0.2, 0.25) is 5.88 Å². The standard InChI is InChI=1S/C29H27FN4O5/c1-17-8-6-11-21(31-17)26-32-27(35)24(29(37)34(26)25-22(38-2)12-7-13-23(25)39-3)28(36)33-15-14-18(16-33)19-9-4-5-10-20(19)30/h4-13,18,37H,14-16H2,1-3H3. The number of benzene rings is 2. The summed E-state index contributed by atoms with van der Waals surface area (Å²) in [6.07, 6.45) is 0.515. The Morgan fingerprint density at radius 3 is 2.36 bits per heavy atom. The van der Waals surface area contributed by atoms with E-state index in [2.05, 4.69) is 9.97 Å². The topological polar surface area (TPSA) is 107 Å². The summed E-state index contributed by atoms with van der Waals surface area (Å²) in [6, 6.07) is 16.6. The number of pyridine rings is 1. The van der Waals surface area contributed by atoms with Gasteiger partial charge in [0, 0.05) is 24.7 Å². The minimum Gasteiger partial charge on any atom is -0.494 e. The fourth-order valence-electron chi connectivity index (χ4n) is 4.96. The molecule has 0 radical (unpaired) electrons. The molecule has 3 heterocycles. The van der Waals surface area contributed by atoms with E-state index in [4.69, 9.17) is 9.47 Å². The van der Waals surface area contributed by atoms with Crippen LogP contribution in [0.25, 0.3) is 17.2 Å². The van der Waals surface area contributed by atoms with Gasteiger partial charge < -0.3 is 19.5 Å². The monoisotopic (exact) mass is 530 g/mol. The second-order valence-electron chi connectivity index (χ2n) is 9.21. The van der Waals surface area contributed by atoms with E-state index in [1.807, 2.05) is 0 Å². The minimum atomic E-state index is -0.907. The lowest BCUT2D eigenvalue weighted by Crippen LogP contribution is -2.34. The molecular formula is C29H27FN4O5. The predicted octanol–water partition coefficient (Wildman–Crippen LogP) is 4.09. The van der Waals surface area contributed by atoms with E-state index in [-0.39, 0.29) is 36.3 Å². The van der Waals surface area contributed by atoms with Crippen molar-refractivity contribution in [2.75, 3.05) is 27.3 Å². The molecule has 200 valence electrons. The number of amides is 1. The van der Waals surface area contributed by atoms with Crippen LogP contribution in [0.1, 0.15) is 34.0 Å². The largest absolute Gasteiger partial charge is 0.494 e. The molecule has 1 saturated heterocycles. The van der Waals surface area contributed by atoms with E-state index < -0.39 is 22.9 Å². The van der Waals surface area contributed by atoms with Gasteiger partial charge in [-0.1, -0.05) is 30.3 Å². The maximum Gasteiger partial charge on any atom is 0.290 e.